The molecule has 2 nitrogen and oxygen atoms in total. The van der Waals surface area contributed by atoms with E-state index in [1.807, 2.05) is 0 Å². The molecule has 0 radical (unpaired) electrons. The van der Waals surface area contributed by atoms with E-state index in [0.29, 0.717) is 6.20 Å². The van der Waals surface area contributed by atoms with Gasteiger partial charge in [0.15, 0.2) is 0 Å². The largest absolute Gasteiger partial charge is 0.481 e. The van der Waals surface area contributed by atoms with Crippen LogP contribution in [0, 0.1) is 0 Å². The highest BCUT2D eigenvalue weighted by Crippen LogP contribution is 2.42. The first-order valence-electron chi connectivity index (χ1n) is 5.50. The molecule has 1 heterocycles. The van der Waals surface area contributed by atoms with Crippen molar-refractivity contribution < 1.29 is 17.9 Å². The van der Waals surface area contributed by atoms with E-state index in [9.17, 15) is 13.2 Å². The molecule has 1 aromatic carbocycles. The van der Waals surface area contributed by atoms with Gasteiger partial charge in [0, 0.05) is 22.3 Å². The zero-order chi connectivity index (χ0) is 15.8. The van der Waals surface area contributed by atoms with Gasteiger partial charge in [0.1, 0.15) is 0 Å². The lowest BCUT2D eigenvalue weighted by Crippen LogP contribution is -2.06. The number of aromatic nitrogens is 1. The van der Waals surface area contributed by atoms with Crippen LogP contribution in [0.1, 0.15) is 5.56 Å². The Balaban J connectivity index is 2.73. The molecule has 0 unspecified atom stereocenters. The number of pyridine rings is 1. The number of halogens is 6. The Labute approximate surface area is 133 Å². The van der Waals surface area contributed by atoms with Gasteiger partial charge in [-0.05, 0) is 18.2 Å². The molecule has 1 aromatic heterocycles. The van der Waals surface area contributed by atoms with Gasteiger partial charge in [-0.2, -0.15) is 13.2 Å². The maximum absolute atomic E-state index is 12.8. The summed E-state index contributed by atoms with van der Waals surface area (Å²) in [5.74, 6) is -0.0193. The first kappa shape index (κ1) is 16.2. The van der Waals surface area contributed by atoms with Gasteiger partial charge in [-0.1, -0.05) is 34.8 Å². The standard InChI is InChI=1S/C13H7Cl3F3NO/c1-21-12-8(2-6(5-20-12)13(17,18)19)11-9(15)3-7(14)4-10(11)16/h2-5H,1H3. The van der Waals surface area contributed by atoms with Gasteiger partial charge in [-0.25, -0.2) is 4.98 Å². The molecule has 0 saturated heterocycles. The number of methoxy groups -OCH3 is 1. The number of hydrogen-bond donors (Lipinski definition) is 0. The summed E-state index contributed by atoms with van der Waals surface area (Å²) in [4.78, 5) is 3.65. The van der Waals surface area contributed by atoms with Gasteiger partial charge >= 0.3 is 6.18 Å². The molecule has 2 rings (SSSR count). The molecule has 112 valence electrons. The third-order valence-corrected chi connectivity index (χ3v) is 3.46. The van der Waals surface area contributed by atoms with Crippen LogP contribution in [-0.4, -0.2) is 12.1 Å². The summed E-state index contributed by atoms with van der Waals surface area (Å²) in [7, 11) is 1.29. The fraction of sp³-hybridized carbons (Fsp3) is 0.154. The van der Waals surface area contributed by atoms with Crippen molar-refractivity contribution in [2.75, 3.05) is 7.11 Å². The van der Waals surface area contributed by atoms with E-state index >= 15 is 0 Å². The summed E-state index contributed by atoms with van der Waals surface area (Å²) < 4.78 is 43.4. The summed E-state index contributed by atoms with van der Waals surface area (Å²) in [5.41, 5.74) is -0.711. The van der Waals surface area contributed by atoms with E-state index < -0.39 is 11.7 Å². The van der Waals surface area contributed by atoms with E-state index in [1.165, 1.54) is 19.2 Å². The van der Waals surface area contributed by atoms with Gasteiger partial charge in [0.05, 0.1) is 22.7 Å². The van der Waals surface area contributed by atoms with Crippen molar-refractivity contribution in [2.24, 2.45) is 0 Å². The topological polar surface area (TPSA) is 22.1 Å². The zero-order valence-corrected chi connectivity index (χ0v) is 12.7. The fourth-order valence-corrected chi connectivity index (χ4v) is 2.77. The Morgan fingerprint density at radius 1 is 1.05 bits per heavy atom. The SMILES string of the molecule is COc1ncc(C(F)(F)F)cc1-c1c(Cl)cc(Cl)cc1Cl. The zero-order valence-electron chi connectivity index (χ0n) is 10.4. The molecular weight excluding hydrogens is 350 g/mol. The van der Waals surface area contributed by atoms with Crippen molar-refractivity contribution in [1.82, 2.24) is 4.98 Å². The second-order valence-corrected chi connectivity index (χ2v) is 5.27. The molecule has 0 aliphatic heterocycles. The normalized spacial score (nSPS) is 11.6. The maximum Gasteiger partial charge on any atom is 0.417 e. The van der Waals surface area contributed by atoms with Gasteiger partial charge in [-0.15, -0.1) is 0 Å². The van der Waals surface area contributed by atoms with Crippen molar-refractivity contribution in [3.63, 3.8) is 0 Å². The van der Waals surface area contributed by atoms with E-state index in [2.05, 4.69) is 4.98 Å². The quantitative estimate of drug-likeness (QED) is 0.685. The van der Waals surface area contributed by atoms with E-state index in [4.69, 9.17) is 39.5 Å². The number of hydrogen-bond acceptors (Lipinski definition) is 2. The molecule has 0 N–H and O–H groups in total. The molecule has 0 aliphatic rings. The Hall–Kier alpha value is -1.17. The van der Waals surface area contributed by atoms with Crippen LogP contribution >= 0.6 is 34.8 Å². The third kappa shape index (κ3) is 3.36. The van der Waals surface area contributed by atoms with Gasteiger partial charge in [0.25, 0.3) is 0 Å². The van der Waals surface area contributed by atoms with Gasteiger partial charge < -0.3 is 4.74 Å². The van der Waals surface area contributed by atoms with E-state index in [1.54, 1.807) is 0 Å². The average Bonchev–Trinajstić information content (AvgIpc) is 2.36. The summed E-state index contributed by atoms with van der Waals surface area (Å²) in [5, 5.41) is 0.478. The van der Waals surface area contributed by atoms with Crippen molar-refractivity contribution in [1.29, 1.82) is 0 Å². The summed E-state index contributed by atoms with van der Waals surface area (Å²) in [6.45, 7) is 0. The van der Waals surface area contributed by atoms with Crippen molar-refractivity contribution in [3.8, 4) is 17.0 Å². The van der Waals surface area contributed by atoms with Gasteiger partial charge in [-0.3, -0.25) is 0 Å². The number of alkyl halides is 3. The minimum absolute atomic E-state index is 0.0193. The molecule has 0 atom stereocenters. The molecule has 0 bridgehead atoms. The molecular formula is C13H7Cl3F3NO. The third-order valence-electron chi connectivity index (χ3n) is 2.65. The van der Waals surface area contributed by atoms with Crippen LogP contribution in [0.25, 0.3) is 11.1 Å². The van der Waals surface area contributed by atoms with Crippen LogP contribution in [0.2, 0.25) is 15.1 Å². The number of benzene rings is 1. The first-order valence-corrected chi connectivity index (χ1v) is 6.63. The van der Waals surface area contributed by atoms with Crippen LogP contribution < -0.4 is 4.74 Å². The Bertz CT molecular complexity index is 666. The van der Waals surface area contributed by atoms with Crippen LogP contribution in [-0.2, 0) is 6.18 Å². The lowest BCUT2D eigenvalue weighted by molar-refractivity contribution is -0.137. The summed E-state index contributed by atoms with van der Waals surface area (Å²) >= 11 is 17.9. The Morgan fingerprint density at radius 2 is 1.62 bits per heavy atom. The van der Waals surface area contributed by atoms with E-state index in [-0.39, 0.29) is 32.1 Å². The highest BCUT2D eigenvalue weighted by Gasteiger charge is 2.32. The molecule has 21 heavy (non-hydrogen) atoms. The molecule has 0 spiro atoms. The number of rotatable bonds is 2. The second-order valence-electron chi connectivity index (χ2n) is 4.02. The lowest BCUT2D eigenvalue weighted by atomic mass is 10.0. The predicted molar refractivity (Wildman–Crippen MR) is 76.3 cm³/mol. The van der Waals surface area contributed by atoms with Crippen LogP contribution in [0.4, 0.5) is 13.2 Å². The first-order chi connectivity index (χ1) is 9.74. The smallest absolute Gasteiger partial charge is 0.417 e. The van der Waals surface area contributed by atoms with Crippen molar-refractivity contribution in [2.45, 2.75) is 6.18 Å². The lowest BCUT2D eigenvalue weighted by Gasteiger charge is -2.14. The monoisotopic (exact) mass is 355 g/mol. The summed E-state index contributed by atoms with van der Waals surface area (Å²) in [6, 6.07) is 3.64. The van der Waals surface area contributed by atoms with Gasteiger partial charge in [0.2, 0.25) is 5.88 Å². The minimum Gasteiger partial charge on any atom is -0.481 e. The highest BCUT2D eigenvalue weighted by atomic mass is 35.5. The van der Waals surface area contributed by atoms with E-state index in [0.717, 1.165) is 6.07 Å². The molecule has 0 fully saturated rings. The maximum atomic E-state index is 12.8. The molecule has 0 aliphatic carbocycles. The van der Waals surface area contributed by atoms with Crippen LogP contribution in [0.5, 0.6) is 5.88 Å². The van der Waals surface area contributed by atoms with Crippen LogP contribution in [0.3, 0.4) is 0 Å². The minimum atomic E-state index is -4.54. The number of nitrogens with zero attached hydrogens (tertiary/aromatic N) is 1. The van der Waals surface area contributed by atoms with Crippen molar-refractivity contribution >= 4 is 34.8 Å². The second kappa shape index (κ2) is 5.91. The summed E-state index contributed by atoms with van der Waals surface area (Å²) in [6.07, 6.45) is -3.86. The molecule has 2 aromatic rings. The fourth-order valence-electron chi connectivity index (χ4n) is 1.75. The molecule has 0 saturated carbocycles. The average molecular weight is 357 g/mol. The molecule has 8 heteroatoms. The van der Waals surface area contributed by atoms with Crippen molar-refractivity contribution in [3.05, 3.63) is 45.0 Å². The van der Waals surface area contributed by atoms with Crippen LogP contribution in [0.15, 0.2) is 24.4 Å². The molecule has 0 amide bonds. The predicted octanol–water partition coefficient (Wildman–Crippen LogP) is 5.74. The Morgan fingerprint density at radius 3 is 2.10 bits per heavy atom. The Kier molecular flexibility index (Phi) is 4.56. The highest BCUT2D eigenvalue weighted by molar-refractivity contribution is 6.41. The number of ether oxygens (including phenoxy) is 1.